The number of ether oxygens (including phenoxy) is 2. The molecule has 18 heavy (non-hydrogen) atoms. The van der Waals surface area contributed by atoms with E-state index in [1.54, 1.807) is 14.0 Å². The molecule has 0 radical (unpaired) electrons. The summed E-state index contributed by atoms with van der Waals surface area (Å²) < 4.78 is 11.6. The van der Waals surface area contributed by atoms with E-state index < -0.39 is 0 Å². The van der Waals surface area contributed by atoms with E-state index in [2.05, 4.69) is 10.3 Å². The van der Waals surface area contributed by atoms with Gasteiger partial charge in [0, 0.05) is 38.6 Å². The van der Waals surface area contributed by atoms with Crippen LogP contribution in [0.2, 0.25) is 0 Å². The van der Waals surface area contributed by atoms with Crippen molar-refractivity contribution in [2.24, 2.45) is 0 Å². The number of hydrogen-bond donors (Lipinski definition) is 1. The summed E-state index contributed by atoms with van der Waals surface area (Å²) in [5.41, 5.74) is 0.583. The Morgan fingerprint density at radius 3 is 2.83 bits per heavy atom. The van der Waals surface area contributed by atoms with Gasteiger partial charge in [0.05, 0.1) is 7.11 Å². The molecular formula is C12H21N3O3. The van der Waals surface area contributed by atoms with Crippen molar-refractivity contribution in [2.45, 2.75) is 19.9 Å². The van der Waals surface area contributed by atoms with Crippen molar-refractivity contribution < 1.29 is 9.47 Å². The first kappa shape index (κ1) is 14.7. The SMILES string of the molecule is COCCCNCCn1c(OC)nc(C)cc1=O. The van der Waals surface area contributed by atoms with E-state index in [-0.39, 0.29) is 5.56 Å². The third-order valence-electron chi connectivity index (χ3n) is 2.50. The van der Waals surface area contributed by atoms with E-state index in [9.17, 15) is 4.79 Å². The van der Waals surface area contributed by atoms with Crippen molar-refractivity contribution in [2.75, 3.05) is 33.9 Å². The number of rotatable bonds is 8. The minimum atomic E-state index is -0.0851. The van der Waals surface area contributed by atoms with E-state index in [0.717, 1.165) is 19.6 Å². The van der Waals surface area contributed by atoms with Crippen LogP contribution in [0.3, 0.4) is 0 Å². The van der Waals surface area contributed by atoms with Gasteiger partial charge in [-0.15, -0.1) is 0 Å². The fourth-order valence-corrected chi connectivity index (χ4v) is 1.61. The Morgan fingerprint density at radius 1 is 1.39 bits per heavy atom. The van der Waals surface area contributed by atoms with Crippen molar-refractivity contribution in [1.82, 2.24) is 14.9 Å². The summed E-state index contributed by atoms with van der Waals surface area (Å²) in [6, 6.07) is 1.87. The summed E-state index contributed by atoms with van der Waals surface area (Å²) in [5.74, 6) is 0. The Kier molecular flexibility index (Phi) is 6.38. The molecule has 0 aliphatic heterocycles. The monoisotopic (exact) mass is 255 g/mol. The first-order valence-corrected chi connectivity index (χ1v) is 6.01. The predicted octanol–water partition coefficient (Wildman–Crippen LogP) is 0.186. The Balaban J connectivity index is 2.49. The van der Waals surface area contributed by atoms with Crippen molar-refractivity contribution in [3.63, 3.8) is 0 Å². The molecule has 6 nitrogen and oxygen atoms in total. The van der Waals surface area contributed by atoms with E-state index in [0.29, 0.717) is 24.8 Å². The second kappa shape index (κ2) is 7.84. The zero-order valence-corrected chi connectivity index (χ0v) is 11.2. The molecule has 0 saturated heterocycles. The maximum atomic E-state index is 11.8. The molecule has 1 aromatic rings. The zero-order chi connectivity index (χ0) is 13.4. The van der Waals surface area contributed by atoms with Gasteiger partial charge in [-0.25, -0.2) is 4.98 Å². The van der Waals surface area contributed by atoms with Gasteiger partial charge < -0.3 is 14.8 Å². The molecule has 0 unspecified atom stereocenters. The fraction of sp³-hybridized carbons (Fsp3) is 0.667. The van der Waals surface area contributed by atoms with Gasteiger partial charge >= 0.3 is 0 Å². The standard InChI is InChI=1S/C12H21N3O3/c1-10-9-11(16)15(12(14-10)18-3)7-6-13-5-4-8-17-2/h9,13H,4-8H2,1-3H3. The quantitative estimate of drug-likeness (QED) is 0.672. The lowest BCUT2D eigenvalue weighted by Crippen LogP contribution is -2.29. The van der Waals surface area contributed by atoms with Crippen LogP contribution in [0, 0.1) is 6.92 Å². The normalized spacial score (nSPS) is 10.6. The number of aromatic nitrogens is 2. The Labute approximate surface area is 107 Å². The van der Waals surface area contributed by atoms with E-state index in [1.165, 1.54) is 17.7 Å². The molecule has 0 spiro atoms. The van der Waals surface area contributed by atoms with Gasteiger partial charge in [0.1, 0.15) is 0 Å². The van der Waals surface area contributed by atoms with Gasteiger partial charge in [0.25, 0.3) is 11.6 Å². The number of hydrogen-bond acceptors (Lipinski definition) is 5. The molecule has 1 heterocycles. The van der Waals surface area contributed by atoms with Crippen molar-refractivity contribution in [1.29, 1.82) is 0 Å². The summed E-state index contributed by atoms with van der Waals surface area (Å²) in [4.78, 5) is 16.0. The minimum Gasteiger partial charge on any atom is -0.468 e. The first-order chi connectivity index (χ1) is 8.69. The molecule has 6 heteroatoms. The number of aryl methyl sites for hydroxylation is 1. The van der Waals surface area contributed by atoms with Crippen LogP contribution in [0.25, 0.3) is 0 Å². The molecule has 0 amide bonds. The first-order valence-electron chi connectivity index (χ1n) is 6.01. The average molecular weight is 255 g/mol. The highest BCUT2D eigenvalue weighted by atomic mass is 16.5. The van der Waals surface area contributed by atoms with Gasteiger partial charge in [0.15, 0.2) is 0 Å². The van der Waals surface area contributed by atoms with Crippen LogP contribution in [-0.2, 0) is 11.3 Å². The van der Waals surface area contributed by atoms with Crippen LogP contribution < -0.4 is 15.6 Å². The van der Waals surface area contributed by atoms with Crippen LogP contribution in [0.5, 0.6) is 6.01 Å². The average Bonchev–Trinajstić information content (AvgIpc) is 2.35. The largest absolute Gasteiger partial charge is 0.468 e. The van der Waals surface area contributed by atoms with Crippen molar-refractivity contribution in [3.8, 4) is 6.01 Å². The van der Waals surface area contributed by atoms with Crippen molar-refractivity contribution in [3.05, 3.63) is 22.1 Å². The molecule has 0 aliphatic rings. The van der Waals surface area contributed by atoms with Crippen LogP contribution in [0.1, 0.15) is 12.1 Å². The molecule has 1 N–H and O–H groups in total. The highest BCUT2D eigenvalue weighted by molar-refractivity contribution is 5.06. The van der Waals surface area contributed by atoms with E-state index in [4.69, 9.17) is 9.47 Å². The van der Waals surface area contributed by atoms with Gasteiger partial charge in [-0.2, -0.15) is 0 Å². The molecule has 1 aromatic heterocycles. The lowest BCUT2D eigenvalue weighted by atomic mass is 10.4. The lowest BCUT2D eigenvalue weighted by Gasteiger charge is -2.11. The molecule has 0 aromatic carbocycles. The highest BCUT2D eigenvalue weighted by Gasteiger charge is 2.06. The van der Waals surface area contributed by atoms with Gasteiger partial charge in [-0.1, -0.05) is 0 Å². The highest BCUT2D eigenvalue weighted by Crippen LogP contribution is 2.03. The summed E-state index contributed by atoms with van der Waals surface area (Å²) in [5, 5.41) is 3.24. The summed E-state index contributed by atoms with van der Waals surface area (Å²) in [6.45, 7) is 4.62. The molecule has 0 fully saturated rings. The second-order valence-corrected chi connectivity index (χ2v) is 3.97. The number of nitrogens with one attached hydrogen (secondary N) is 1. The van der Waals surface area contributed by atoms with Crippen LogP contribution >= 0.6 is 0 Å². The summed E-state index contributed by atoms with van der Waals surface area (Å²) in [7, 11) is 3.20. The van der Waals surface area contributed by atoms with Gasteiger partial charge in [0.2, 0.25) is 0 Å². The van der Waals surface area contributed by atoms with Crippen LogP contribution in [-0.4, -0.2) is 43.5 Å². The topological polar surface area (TPSA) is 65.4 Å². The minimum absolute atomic E-state index is 0.0851. The third-order valence-corrected chi connectivity index (χ3v) is 2.50. The lowest BCUT2D eigenvalue weighted by molar-refractivity contribution is 0.194. The Hall–Kier alpha value is -1.40. The van der Waals surface area contributed by atoms with E-state index in [1.807, 2.05) is 0 Å². The summed E-state index contributed by atoms with van der Waals surface area (Å²) >= 11 is 0. The fourth-order valence-electron chi connectivity index (χ4n) is 1.61. The van der Waals surface area contributed by atoms with E-state index >= 15 is 0 Å². The molecule has 0 saturated carbocycles. The van der Waals surface area contributed by atoms with Gasteiger partial charge in [-0.3, -0.25) is 9.36 Å². The van der Waals surface area contributed by atoms with Gasteiger partial charge in [-0.05, 0) is 19.9 Å². The number of nitrogens with zero attached hydrogens (tertiary/aromatic N) is 2. The molecular weight excluding hydrogens is 234 g/mol. The predicted molar refractivity (Wildman–Crippen MR) is 69.1 cm³/mol. The number of methoxy groups -OCH3 is 2. The zero-order valence-electron chi connectivity index (χ0n) is 11.2. The molecule has 0 atom stereocenters. The molecule has 0 bridgehead atoms. The smallest absolute Gasteiger partial charge is 0.299 e. The van der Waals surface area contributed by atoms with Crippen molar-refractivity contribution >= 4 is 0 Å². The summed E-state index contributed by atoms with van der Waals surface area (Å²) in [6.07, 6.45) is 0.953. The molecule has 0 aliphatic carbocycles. The Bertz CT molecular complexity index is 418. The molecule has 102 valence electrons. The Morgan fingerprint density at radius 2 is 2.17 bits per heavy atom. The van der Waals surface area contributed by atoms with Crippen LogP contribution in [0.15, 0.2) is 10.9 Å². The second-order valence-electron chi connectivity index (χ2n) is 3.97. The third kappa shape index (κ3) is 4.46. The maximum Gasteiger partial charge on any atom is 0.299 e. The maximum absolute atomic E-state index is 11.8. The van der Waals surface area contributed by atoms with Crippen LogP contribution in [0.4, 0.5) is 0 Å². The molecule has 1 rings (SSSR count).